The molecule has 1 fully saturated rings. The Morgan fingerprint density at radius 2 is 1.80 bits per heavy atom. The molecule has 45 heavy (non-hydrogen) atoms. The largest absolute Gasteiger partial charge is 0.486 e. The second kappa shape index (κ2) is 9.63. The van der Waals surface area contributed by atoms with Gasteiger partial charge in [0.15, 0.2) is 17.4 Å². The Morgan fingerprint density at radius 3 is 2.47 bits per heavy atom. The molecule has 0 bridgehead atoms. The number of ether oxygens (including phenoxy) is 1. The van der Waals surface area contributed by atoms with E-state index in [4.69, 9.17) is 16.3 Å². The van der Waals surface area contributed by atoms with Gasteiger partial charge in [-0.05, 0) is 37.3 Å². The van der Waals surface area contributed by atoms with E-state index in [1.807, 2.05) is 0 Å². The predicted molar refractivity (Wildman–Crippen MR) is 157 cm³/mol. The van der Waals surface area contributed by atoms with Gasteiger partial charge in [-0.15, -0.1) is 0 Å². The summed E-state index contributed by atoms with van der Waals surface area (Å²) in [5.41, 5.74) is -3.60. The molecule has 2 aliphatic heterocycles. The number of aromatic nitrogens is 2. The van der Waals surface area contributed by atoms with E-state index >= 15 is 4.39 Å². The Hall–Kier alpha value is -4.24. The van der Waals surface area contributed by atoms with Crippen LogP contribution in [0.5, 0.6) is 5.75 Å². The van der Waals surface area contributed by atoms with E-state index in [-0.39, 0.29) is 64.5 Å². The highest BCUT2D eigenvalue weighted by Crippen LogP contribution is 3.02. The third kappa shape index (κ3) is 5.07. The van der Waals surface area contributed by atoms with Gasteiger partial charge in [0.05, 0.1) is 10.7 Å². The van der Waals surface area contributed by atoms with Crippen LogP contribution in [0.2, 0.25) is 5.02 Å². The van der Waals surface area contributed by atoms with Gasteiger partial charge in [-0.25, -0.2) is 13.6 Å². The lowest BCUT2D eigenvalue weighted by molar-refractivity contribution is -0.126. The average Bonchev–Trinajstić information content (AvgIpc) is 2.97. The van der Waals surface area contributed by atoms with Crippen molar-refractivity contribution in [2.24, 2.45) is 0 Å². The standard InChI is InChI=1S/C29H22ClF7N4O3S/c1-3-22(42)39-10-11-40(15(2)13-39)28-17-12-18(30)24-23-16(8-9-19(31)25(23)32)14-44-27(24)26(17)41(29(43)38-28)20-6-4-5-7-21(20)45(33,34,35,36)37/h3-9,12,15H,1,10-11,13-14H2,2H3/t15-/m0/s1. The second-order valence-corrected chi connectivity index (χ2v) is 13.4. The maximum absolute atomic E-state index is 15.3. The number of carbonyl (C=O) groups is 1. The maximum Gasteiger partial charge on any atom is 0.354 e. The summed E-state index contributed by atoms with van der Waals surface area (Å²) < 4.78 is 108. The van der Waals surface area contributed by atoms with Gasteiger partial charge < -0.3 is 14.5 Å². The molecule has 0 spiro atoms. The normalized spacial score (nSPS) is 18.0. The van der Waals surface area contributed by atoms with E-state index in [0.717, 1.165) is 24.3 Å². The summed E-state index contributed by atoms with van der Waals surface area (Å²) in [6, 6.07) is 5.37. The van der Waals surface area contributed by atoms with Crippen molar-refractivity contribution in [1.82, 2.24) is 14.5 Å². The number of nitrogens with zero attached hydrogens (tertiary/aromatic N) is 4. The summed E-state index contributed by atoms with van der Waals surface area (Å²) in [7, 11) is -10.4. The molecule has 2 aliphatic rings. The van der Waals surface area contributed by atoms with Crippen LogP contribution < -0.4 is 15.3 Å². The molecule has 0 radical (unpaired) electrons. The van der Waals surface area contributed by atoms with Crippen LogP contribution in [0, 0.1) is 11.6 Å². The number of halogens is 8. The molecule has 1 amide bonds. The van der Waals surface area contributed by atoms with Gasteiger partial charge >= 0.3 is 15.9 Å². The van der Waals surface area contributed by atoms with Crippen LogP contribution in [0.15, 0.2) is 64.8 Å². The molecule has 16 heteroatoms. The Labute approximate surface area is 255 Å². The fourth-order valence-corrected chi connectivity index (χ4v) is 7.00. The monoisotopic (exact) mass is 674 g/mol. The molecule has 238 valence electrons. The molecule has 4 aromatic rings. The maximum atomic E-state index is 15.3. The third-order valence-electron chi connectivity index (χ3n) is 7.78. The van der Waals surface area contributed by atoms with E-state index in [9.17, 15) is 33.4 Å². The first-order chi connectivity index (χ1) is 20.9. The number of fused-ring (bicyclic) bond motifs is 5. The number of hydrogen-bond acceptors (Lipinski definition) is 5. The predicted octanol–water partition coefficient (Wildman–Crippen LogP) is 7.76. The first-order valence-electron chi connectivity index (χ1n) is 13.3. The first-order valence-corrected chi connectivity index (χ1v) is 15.6. The topological polar surface area (TPSA) is 67.7 Å². The minimum absolute atomic E-state index is 0.0897. The van der Waals surface area contributed by atoms with Gasteiger partial charge in [-0.2, -0.15) is 4.98 Å². The first kappa shape index (κ1) is 30.8. The molecule has 6 rings (SSSR count). The van der Waals surface area contributed by atoms with Crippen LogP contribution in [-0.2, 0) is 11.4 Å². The lowest BCUT2D eigenvalue weighted by atomic mass is 9.94. The Bertz CT molecular complexity index is 2020. The van der Waals surface area contributed by atoms with E-state index < -0.39 is 62.0 Å². The van der Waals surface area contributed by atoms with Crippen molar-refractivity contribution in [1.29, 1.82) is 0 Å². The number of benzene rings is 3. The van der Waals surface area contributed by atoms with Crippen molar-refractivity contribution < 1.29 is 37.7 Å². The Balaban J connectivity index is 1.73. The Morgan fingerprint density at radius 1 is 1.09 bits per heavy atom. The van der Waals surface area contributed by atoms with Crippen LogP contribution in [0.25, 0.3) is 27.7 Å². The number of piperazine rings is 1. The molecule has 3 aromatic carbocycles. The van der Waals surface area contributed by atoms with Gasteiger partial charge in [-0.3, -0.25) is 9.36 Å². The SMILES string of the molecule is C=CC(=O)N1CCN(c2nc(=O)n(-c3ccccc3S(F)(F)(F)(F)F)c3c4c(c(Cl)cc23)-c2c(ccc(F)c2F)CO4)[C@@H](C)C1. The number of carbonyl (C=O) groups excluding carboxylic acids is 1. The summed E-state index contributed by atoms with van der Waals surface area (Å²) in [4.78, 5) is 30.8. The van der Waals surface area contributed by atoms with Crippen molar-refractivity contribution in [3.8, 4) is 22.6 Å². The minimum Gasteiger partial charge on any atom is -0.486 e. The van der Waals surface area contributed by atoms with Crippen LogP contribution >= 0.6 is 21.8 Å². The second-order valence-electron chi connectivity index (χ2n) is 10.7. The molecular formula is C29H22ClF7N4O3S. The van der Waals surface area contributed by atoms with Crippen molar-refractivity contribution in [3.05, 3.63) is 87.8 Å². The van der Waals surface area contributed by atoms with Gasteiger partial charge in [0.1, 0.15) is 22.8 Å². The lowest BCUT2D eigenvalue weighted by Crippen LogP contribution is -2.54. The van der Waals surface area contributed by atoms with Crippen LogP contribution in [0.4, 0.5) is 34.0 Å². The Kier molecular flexibility index (Phi) is 6.58. The number of anilines is 1. The van der Waals surface area contributed by atoms with Crippen LogP contribution in [-0.4, -0.2) is 46.0 Å². The van der Waals surface area contributed by atoms with Crippen LogP contribution in [0.3, 0.4) is 0 Å². The number of hydrogen-bond donors (Lipinski definition) is 0. The van der Waals surface area contributed by atoms with Gasteiger partial charge in [-0.1, -0.05) is 55.8 Å². The highest BCUT2D eigenvalue weighted by atomic mass is 35.5. The minimum atomic E-state index is -10.4. The zero-order valence-corrected chi connectivity index (χ0v) is 24.7. The fraction of sp³-hybridized carbons (Fsp3) is 0.207. The number of amides is 1. The molecule has 3 heterocycles. The van der Waals surface area contributed by atoms with Gasteiger partial charge in [0, 0.05) is 47.8 Å². The van der Waals surface area contributed by atoms with Crippen molar-refractivity contribution >= 4 is 44.5 Å². The van der Waals surface area contributed by atoms with Gasteiger partial charge in [0.25, 0.3) is 0 Å². The third-order valence-corrected chi connectivity index (χ3v) is 9.25. The van der Waals surface area contributed by atoms with Crippen molar-refractivity contribution in [3.63, 3.8) is 0 Å². The molecular weight excluding hydrogens is 653 g/mol. The van der Waals surface area contributed by atoms with Crippen molar-refractivity contribution in [2.45, 2.75) is 24.5 Å². The highest BCUT2D eigenvalue weighted by Gasteiger charge is 2.67. The summed E-state index contributed by atoms with van der Waals surface area (Å²) in [6.07, 6.45) is 1.14. The lowest BCUT2D eigenvalue weighted by Gasteiger charge is -2.42. The molecule has 0 saturated carbocycles. The summed E-state index contributed by atoms with van der Waals surface area (Å²) in [6.45, 7) is 5.17. The quantitative estimate of drug-likeness (QED) is 0.164. The zero-order chi connectivity index (χ0) is 32.7. The smallest absolute Gasteiger partial charge is 0.354 e. The molecule has 1 atom stereocenters. The number of rotatable bonds is 4. The summed E-state index contributed by atoms with van der Waals surface area (Å²) in [5, 5.41) is -0.323. The van der Waals surface area contributed by atoms with Crippen molar-refractivity contribution in [2.75, 3.05) is 24.5 Å². The molecule has 7 nitrogen and oxygen atoms in total. The molecule has 0 N–H and O–H groups in total. The molecule has 0 aliphatic carbocycles. The molecule has 1 saturated heterocycles. The molecule has 1 aromatic heterocycles. The van der Waals surface area contributed by atoms with E-state index in [1.54, 1.807) is 11.8 Å². The zero-order valence-electron chi connectivity index (χ0n) is 23.2. The molecule has 0 unspecified atom stereocenters. The van der Waals surface area contributed by atoms with E-state index in [0.29, 0.717) is 10.6 Å². The average molecular weight is 675 g/mol. The van der Waals surface area contributed by atoms with E-state index in [2.05, 4.69) is 11.6 Å². The van der Waals surface area contributed by atoms with E-state index in [1.165, 1.54) is 17.0 Å². The summed E-state index contributed by atoms with van der Waals surface area (Å²) >= 11 is 6.63. The van der Waals surface area contributed by atoms with Gasteiger partial charge in [0.2, 0.25) is 5.91 Å². The fourth-order valence-electron chi connectivity index (χ4n) is 5.82. The highest BCUT2D eigenvalue weighted by molar-refractivity contribution is 8.45. The van der Waals surface area contributed by atoms with Crippen LogP contribution in [0.1, 0.15) is 12.5 Å². The number of para-hydroxylation sites is 1. The summed E-state index contributed by atoms with van der Waals surface area (Å²) in [5.74, 6) is -3.45.